The second kappa shape index (κ2) is 12.1. The monoisotopic (exact) mass is 532 g/mol. The summed E-state index contributed by atoms with van der Waals surface area (Å²) in [6, 6.07) is -1.04. The molecule has 3 heterocycles. The number of hydrogen-bond acceptors (Lipinski definition) is 11. The van der Waals surface area contributed by atoms with Crippen LogP contribution in [0.4, 0.5) is 5.82 Å². The number of rotatable bonds is 8. The fourth-order valence-electron chi connectivity index (χ4n) is 3.29. The van der Waals surface area contributed by atoms with Crippen molar-refractivity contribution in [2.75, 3.05) is 12.3 Å². The Hall–Kier alpha value is -2.65. The molecule has 0 aromatic carbocycles. The zero-order valence-electron chi connectivity index (χ0n) is 20.5. The normalized spacial score (nSPS) is 24.1. The molecular weight excluding hydrogens is 499 g/mol. The van der Waals surface area contributed by atoms with Crippen LogP contribution in [0.3, 0.4) is 0 Å². The molecule has 6 atom stereocenters. The average Bonchev–Trinajstić information content (AvgIpc) is 3.29. The number of primary amides is 1. The standard InChI is InChI=1S/C12H24NO8P.C8H9N5O/c1-6(2)20-12(16)7(3)13-22(17,18)19-5-9-11(15)10(14)8(4)21-9;1-3-12-6(9)5-4(7(10)14)2-11-8(5)13-3/h6-11,14-15H,5H2,1-4H3,(H2,13,17,18);2H,1H3,(H2,10,14)(H3,9,11,12,13)/t7-,8-,9+,10-,11+;/m0./s1. The number of nitrogens with zero attached hydrogens (tertiary/aromatic N) is 2. The largest absolute Gasteiger partial charge is 0.462 e. The molecule has 1 amide bonds. The number of nitrogens with two attached hydrogens (primary N) is 2. The number of aliphatic hydroxyl groups excluding tert-OH is 2. The molecule has 1 unspecified atom stereocenters. The van der Waals surface area contributed by atoms with Gasteiger partial charge in [0.15, 0.2) is 0 Å². The number of aliphatic hydroxyl groups is 2. The fraction of sp³-hybridized carbons (Fsp3) is 0.600. The molecule has 9 N–H and O–H groups in total. The highest BCUT2D eigenvalue weighted by molar-refractivity contribution is 7.50. The summed E-state index contributed by atoms with van der Waals surface area (Å²) in [6.07, 6.45) is -2.68. The zero-order valence-corrected chi connectivity index (χ0v) is 21.4. The van der Waals surface area contributed by atoms with Crippen molar-refractivity contribution >= 4 is 36.5 Å². The molecule has 1 saturated heterocycles. The van der Waals surface area contributed by atoms with Crippen LogP contribution in [0, 0.1) is 6.92 Å². The summed E-state index contributed by atoms with van der Waals surface area (Å²) in [4.78, 5) is 43.1. The molecule has 0 saturated carbocycles. The van der Waals surface area contributed by atoms with Gasteiger partial charge in [0.2, 0.25) is 0 Å². The van der Waals surface area contributed by atoms with Crippen molar-refractivity contribution in [3.63, 3.8) is 0 Å². The minimum Gasteiger partial charge on any atom is -0.462 e. The van der Waals surface area contributed by atoms with Crippen LogP contribution in [0.25, 0.3) is 11.0 Å². The van der Waals surface area contributed by atoms with Crippen molar-refractivity contribution in [2.45, 2.75) is 71.2 Å². The third kappa shape index (κ3) is 7.67. The number of ether oxygens (including phenoxy) is 2. The van der Waals surface area contributed by atoms with Crippen molar-refractivity contribution < 1.29 is 43.3 Å². The molecular formula is C20H33N6O9P. The second-order valence-electron chi connectivity index (χ2n) is 8.46. The SMILES string of the molecule is CC(C)OC(=O)[C@H](C)NP(=O)(O)OC[C@H]1O[C@@H](C)[C@H](O)[C@@H]1O.Cc1nc(N)c2c(C(N)=O)c[nH]c2n1. The van der Waals surface area contributed by atoms with Gasteiger partial charge >= 0.3 is 13.7 Å². The van der Waals surface area contributed by atoms with Gasteiger partial charge in [-0.3, -0.25) is 14.1 Å². The van der Waals surface area contributed by atoms with E-state index in [-0.39, 0.29) is 11.9 Å². The van der Waals surface area contributed by atoms with Crippen molar-refractivity contribution in [1.29, 1.82) is 0 Å². The lowest BCUT2D eigenvalue weighted by Gasteiger charge is -2.21. The fourth-order valence-corrected chi connectivity index (χ4v) is 4.31. The summed E-state index contributed by atoms with van der Waals surface area (Å²) in [5.74, 6) is -0.417. The van der Waals surface area contributed by atoms with E-state index in [4.69, 9.17) is 25.5 Å². The number of carbonyl (C=O) groups is 2. The maximum Gasteiger partial charge on any atom is 0.403 e. The predicted octanol–water partition coefficient (Wildman–Crippen LogP) is -0.510. The molecule has 0 aliphatic carbocycles. The van der Waals surface area contributed by atoms with Crippen LogP contribution in [0.5, 0.6) is 0 Å². The average molecular weight is 532 g/mol. The van der Waals surface area contributed by atoms with Gasteiger partial charge in [-0.05, 0) is 34.6 Å². The Balaban J connectivity index is 0.000000278. The Bertz CT molecular complexity index is 1130. The molecule has 0 radical (unpaired) electrons. The first-order valence-corrected chi connectivity index (χ1v) is 12.6. The summed E-state index contributed by atoms with van der Waals surface area (Å²) in [6.45, 7) is 7.56. The Morgan fingerprint density at radius 1 is 1.28 bits per heavy atom. The highest BCUT2D eigenvalue weighted by Gasteiger charge is 2.41. The van der Waals surface area contributed by atoms with Crippen LogP contribution in [0.15, 0.2) is 6.20 Å². The Morgan fingerprint density at radius 2 is 1.92 bits per heavy atom. The minimum absolute atomic E-state index is 0.266. The van der Waals surface area contributed by atoms with Gasteiger partial charge in [0.25, 0.3) is 5.91 Å². The summed E-state index contributed by atoms with van der Waals surface area (Å²) >= 11 is 0. The number of nitrogen functional groups attached to an aromatic ring is 1. The molecule has 2 aromatic heterocycles. The van der Waals surface area contributed by atoms with Crippen LogP contribution in [-0.4, -0.2) is 85.1 Å². The third-order valence-electron chi connectivity index (χ3n) is 5.01. The number of hydrogen-bond donors (Lipinski definition) is 7. The number of aromatic nitrogens is 3. The molecule has 3 rings (SSSR count). The summed E-state index contributed by atoms with van der Waals surface area (Å²) in [5.41, 5.74) is 11.7. The topological polar surface area (TPSA) is 245 Å². The molecule has 0 spiro atoms. The van der Waals surface area contributed by atoms with E-state index < -0.39 is 56.7 Å². The quantitative estimate of drug-likeness (QED) is 0.167. The van der Waals surface area contributed by atoms with Gasteiger partial charge in [-0.2, -0.15) is 0 Å². The van der Waals surface area contributed by atoms with E-state index >= 15 is 0 Å². The lowest BCUT2D eigenvalue weighted by atomic mass is 10.1. The van der Waals surface area contributed by atoms with Crippen molar-refractivity contribution in [3.05, 3.63) is 17.6 Å². The minimum atomic E-state index is -4.29. The molecule has 1 aliphatic heterocycles. The molecule has 2 aromatic rings. The van der Waals surface area contributed by atoms with Gasteiger partial charge in [-0.1, -0.05) is 0 Å². The zero-order chi connectivity index (χ0) is 27.4. The van der Waals surface area contributed by atoms with E-state index in [1.165, 1.54) is 13.1 Å². The third-order valence-corrected chi connectivity index (χ3v) is 6.23. The first kappa shape index (κ1) is 29.6. The number of carbonyl (C=O) groups excluding carboxylic acids is 2. The number of esters is 1. The highest BCUT2D eigenvalue weighted by Crippen LogP contribution is 2.38. The number of anilines is 1. The van der Waals surface area contributed by atoms with E-state index in [1.54, 1.807) is 27.7 Å². The number of aromatic amines is 1. The molecule has 36 heavy (non-hydrogen) atoms. The molecule has 15 nitrogen and oxygen atoms in total. The summed E-state index contributed by atoms with van der Waals surface area (Å²) in [7, 11) is -4.29. The highest BCUT2D eigenvalue weighted by atomic mass is 31.2. The number of amides is 1. The first-order chi connectivity index (χ1) is 16.6. The van der Waals surface area contributed by atoms with Crippen molar-refractivity contribution in [3.8, 4) is 0 Å². The van der Waals surface area contributed by atoms with Crippen LogP contribution in [-0.2, 0) is 23.4 Å². The predicted molar refractivity (Wildman–Crippen MR) is 128 cm³/mol. The van der Waals surface area contributed by atoms with Gasteiger partial charge in [-0.15, -0.1) is 0 Å². The smallest absolute Gasteiger partial charge is 0.403 e. The van der Waals surface area contributed by atoms with Gasteiger partial charge in [0, 0.05) is 6.20 Å². The number of H-pyrrole nitrogens is 1. The molecule has 1 aliphatic rings. The second-order valence-corrected chi connectivity index (χ2v) is 10.0. The Labute approximate surface area is 207 Å². The molecule has 1 fully saturated rings. The van der Waals surface area contributed by atoms with E-state index in [1.807, 2.05) is 0 Å². The number of fused-ring (bicyclic) bond motifs is 1. The maximum absolute atomic E-state index is 11.9. The van der Waals surface area contributed by atoms with Crippen LogP contribution in [0.2, 0.25) is 0 Å². The van der Waals surface area contributed by atoms with Gasteiger partial charge in [-0.25, -0.2) is 19.6 Å². The van der Waals surface area contributed by atoms with E-state index in [9.17, 15) is 29.3 Å². The van der Waals surface area contributed by atoms with Crippen LogP contribution >= 0.6 is 7.75 Å². The Morgan fingerprint density at radius 3 is 2.44 bits per heavy atom. The maximum atomic E-state index is 11.9. The first-order valence-electron chi connectivity index (χ1n) is 11.0. The van der Waals surface area contributed by atoms with Crippen LogP contribution < -0.4 is 16.6 Å². The summed E-state index contributed by atoms with van der Waals surface area (Å²) in [5, 5.41) is 21.8. The number of nitrogens with one attached hydrogen (secondary N) is 2. The van der Waals surface area contributed by atoms with Gasteiger partial charge in [0.1, 0.15) is 41.6 Å². The molecule has 202 valence electrons. The molecule has 0 bridgehead atoms. The van der Waals surface area contributed by atoms with Crippen molar-refractivity contribution in [1.82, 2.24) is 20.0 Å². The van der Waals surface area contributed by atoms with Crippen LogP contribution in [0.1, 0.15) is 43.9 Å². The lowest BCUT2D eigenvalue weighted by molar-refractivity contribution is -0.149. The Kier molecular flexibility index (Phi) is 9.91. The van der Waals surface area contributed by atoms with E-state index in [0.29, 0.717) is 22.4 Å². The van der Waals surface area contributed by atoms with E-state index in [0.717, 1.165) is 0 Å². The summed E-state index contributed by atoms with van der Waals surface area (Å²) < 4.78 is 26.8. The van der Waals surface area contributed by atoms with Crippen molar-refractivity contribution in [2.24, 2.45) is 5.73 Å². The molecule has 16 heteroatoms. The lowest BCUT2D eigenvalue weighted by Crippen LogP contribution is -2.37. The number of aryl methyl sites for hydroxylation is 1. The van der Waals surface area contributed by atoms with E-state index in [2.05, 4.69) is 20.0 Å². The van der Waals surface area contributed by atoms with Gasteiger partial charge in [0.05, 0.1) is 29.8 Å². The van der Waals surface area contributed by atoms with Gasteiger partial charge < -0.3 is 41.0 Å².